The SMILES string of the molecule is CC(=O)c1sc(N2CC(O)C(O)C2)c(C2CC2)c1N. The second-order valence-corrected chi connectivity index (χ2v) is 6.43. The maximum absolute atomic E-state index is 11.6. The van der Waals surface area contributed by atoms with Crippen LogP contribution in [0.2, 0.25) is 0 Å². The van der Waals surface area contributed by atoms with E-state index in [0.29, 0.717) is 29.6 Å². The number of β-amino-alcohol motifs (C(OH)–C–C–N with tert-alkyl or cyclic N) is 2. The van der Waals surface area contributed by atoms with E-state index >= 15 is 0 Å². The Bertz CT molecular complexity index is 514. The number of thiophene rings is 1. The Morgan fingerprint density at radius 1 is 1.32 bits per heavy atom. The van der Waals surface area contributed by atoms with Gasteiger partial charge in [0, 0.05) is 25.6 Å². The van der Waals surface area contributed by atoms with Gasteiger partial charge in [0.15, 0.2) is 5.78 Å². The molecular formula is C13H18N2O3S. The fraction of sp³-hybridized carbons (Fsp3) is 0.615. The number of nitrogens with two attached hydrogens (primary N) is 1. The van der Waals surface area contributed by atoms with Crippen molar-refractivity contribution in [3.63, 3.8) is 0 Å². The molecule has 0 bridgehead atoms. The molecule has 0 aromatic carbocycles. The Hall–Kier alpha value is -1.11. The molecule has 19 heavy (non-hydrogen) atoms. The van der Waals surface area contributed by atoms with Gasteiger partial charge in [-0.05, 0) is 18.8 Å². The highest BCUT2D eigenvalue weighted by molar-refractivity contribution is 7.18. The van der Waals surface area contributed by atoms with Crippen molar-refractivity contribution in [1.82, 2.24) is 0 Å². The summed E-state index contributed by atoms with van der Waals surface area (Å²) < 4.78 is 0. The Labute approximate surface area is 115 Å². The van der Waals surface area contributed by atoms with E-state index in [2.05, 4.69) is 0 Å². The first-order valence-corrected chi connectivity index (χ1v) is 7.35. The van der Waals surface area contributed by atoms with Gasteiger partial charge in [-0.1, -0.05) is 0 Å². The van der Waals surface area contributed by atoms with E-state index in [1.165, 1.54) is 18.3 Å². The minimum Gasteiger partial charge on any atom is -0.397 e. The first-order chi connectivity index (χ1) is 8.99. The Kier molecular flexibility index (Phi) is 3.03. The number of carbonyl (C=O) groups is 1. The lowest BCUT2D eigenvalue weighted by Crippen LogP contribution is -2.22. The second-order valence-electron chi connectivity index (χ2n) is 5.43. The Morgan fingerprint density at radius 2 is 1.89 bits per heavy atom. The molecule has 104 valence electrons. The van der Waals surface area contributed by atoms with Gasteiger partial charge < -0.3 is 20.8 Å². The maximum atomic E-state index is 11.6. The van der Waals surface area contributed by atoms with Gasteiger partial charge in [0.25, 0.3) is 0 Å². The smallest absolute Gasteiger partial charge is 0.171 e. The minimum atomic E-state index is -0.726. The van der Waals surface area contributed by atoms with Crippen molar-refractivity contribution in [1.29, 1.82) is 0 Å². The van der Waals surface area contributed by atoms with Crippen LogP contribution >= 0.6 is 11.3 Å². The Balaban J connectivity index is 2.00. The van der Waals surface area contributed by atoms with Crippen LogP contribution in [0.4, 0.5) is 10.7 Å². The number of aliphatic hydroxyl groups excluding tert-OH is 2. The predicted octanol–water partition coefficient (Wildman–Crippen LogP) is 0.952. The van der Waals surface area contributed by atoms with E-state index in [-0.39, 0.29) is 5.78 Å². The lowest BCUT2D eigenvalue weighted by atomic mass is 10.1. The zero-order valence-electron chi connectivity index (χ0n) is 10.8. The molecule has 1 aliphatic heterocycles. The average Bonchev–Trinajstić information content (AvgIpc) is 3.03. The van der Waals surface area contributed by atoms with Gasteiger partial charge in [0.2, 0.25) is 0 Å². The molecular weight excluding hydrogens is 264 g/mol. The molecule has 2 fully saturated rings. The van der Waals surface area contributed by atoms with Crippen molar-refractivity contribution in [3.05, 3.63) is 10.4 Å². The van der Waals surface area contributed by atoms with E-state index in [1.54, 1.807) is 0 Å². The fourth-order valence-electron chi connectivity index (χ4n) is 2.64. The topological polar surface area (TPSA) is 86.8 Å². The standard InChI is InChI=1S/C13H18N2O3S/c1-6(16)12-11(14)10(7-2-3-7)13(19-12)15-4-8(17)9(18)5-15/h7-9,17-18H,2-5,14H2,1H3. The monoisotopic (exact) mass is 282 g/mol. The maximum Gasteiger partial charge on any atom is 0.171 e. The number of aliphatic hydroxyl groups is 2. The number of Topliss-reactive ketones (excluding diaryl/α,β-unsaturated/α-hetero) is 1. The molecule has 1 aromatic rings. The van der Waals surface area contributed by atoms with Crippen LogP contribution in [0.1, 0.15) is 40.9 Å². The van der Waals surface area contributed by atoms with E-state index < -0.39 is 12.2 Å². The number of rotatable bonds is 3. The number of carbonyl (C=O) groups excluding carboxylic acids is 1. The molecule has 0 amide bonds. The summed E-state index contributed by atoms with van der Waals surface area (Å²) in [6, 6.07) is 0. The summed E-state index contributed by atoms with van der Waals surface area (Å²) in [6.07, 6.45) is 0.751. The van der Waals surface area contributed by atoms with Crippen molar-refractivity contribution >= 4 is 27.8 Å². The second kappa shape index (κ2) is 4.47. The predicted molar refractivity (Wildman–Crippen MR) is 74.9 cm³/mol. The summed E-state index contributed by atoms with van der Waals surface area (Å²) in [5.74, 6) is 0.421. The molecule has 0 radical (unpaired) electrons. The van der Waals surface area contributed by atoms with E-state index in [0.717, 1.165) is 23.4 Å². The van der Waals surface area contributed by atoms with Gasteiger partial charge in [-0.3, -0.25) is 4.79 Å². The highest BCUT2D eigenvalue weighted by Crippen LogP contribution is 2.52. The molecule has 1 saturated carbocycles. The Morgan fingerprint density at radius 3 is 2.37 bits per heavy atom. The molecule has 2 unspecified atom stereocenters. The number of nitrogens with zero attached hydrogens (tertiary/aromatic N) is 1. The summed E-state index contributed by atoms with van der Waals surface area (Å²) in [5, 5.41) is 20.3. The van der Waals surface area contributed by atoms with Crippen LogP contribution in [0.5, 0.6) is 0 Å². The largest absolute Gasteiger partial charge is 0.397 e. The number of nitrogen functional groups attached to an aromatic ring is 1. The van der Waals surface area contributed by atoms with Crippen molar-refractivity contribution in [3.8, 4) is 0 Å². The lowest BCUT2D eigenvalue weighted by molar-refractivity contribution is 0.0572. The first kappa shape index (κ1) is 12.9. The highest BCUT2D eigenvalue weighted by atomic mass is 32.1. The third-order valence-corrected chi connectivity index (χ3v) is 5.20. The van der Waals surface area contributed by atoms with Crippen LogP contribution in [-0.4, -0.2) is 41.3 Å². The third kappa shape index (κ3) is 2.13. The van der Waals surface area contributed by atoms with Crippen LogP contribution in [-0.2, 0) is 0 Å². The summed E-state index contributed by atoms with van der Waals surface area (Å²) in [6.45, 7) is 2.33. The van der Waals surface area contributed by atoms with Gasteiger partial charge >= 0.3 is 0 Å². The molecule has 1 aromatic heterocycles. The number of anilines is 2. The molecule has 1 saturated heterocycles. The fourth-order valence-corrected chi connectivity index (χ4v) is 3.86. The zero-order valence-corrected chi connectivity index (χ0v) is 11.6. The van der Waals surface area contributed by atoms with Gasteiger partial charge in [0.1, 0.15) is 0 Å². The van der Waals surface area contributed by atoms with E-state index in [4.69, 9.17) is 5.73 Å². The van der Waals surface area contributed by atoms with Crippen LogP contribution in [0.3, 0.4) is 0 Å². The molecule has 0 spiro atoms. The van der Waals surface area contributed by atoms with Crippen LogP contribution < -0.4 is 10.6 Å². The van der Waals surface area contributed by atoms with Crippen molar-refractivity contribution in [2.75, 3.05) is 23.7 Å². The lowest BCUT2D eigenvalue weighted by Gasteiger charge is -2.17. The molecule has 1 aliphatic carbocycles. The van der Waals surface area contributed by atoms with Gasteiger partial charge in [0.05, 0.1) is 27.8 Å². The van der Waals surface area contributed by atoms with Gasteiger partial charge in [-0.25, -0.2) is 0 Å². The third-order valence-electron chi connectivity index (χ3n) is 3.82. The van der Waals surface area contributed by atoms with Gasteiger partial charge in [-0.2, -0.15) is 0 Å². The molecule has 2 heterocycles. The minimum absolute atomic E-state index is 0.0176. The number of hydrogen-bond donors (Lipinski definition) is 3. The highest BCUT2D eigenvalue weighted by Gasteiger charge is 2.37. The van der Waals surface area contributed by atoms with Crippen molar-refractivity contribution in [2.24, 2.45) is 0 Å². The van der Waals surface area contributed by atoms with Crippen LogP contribution in [0.15, 0.2) is 0 Å². The van der Waals surface area contributed by atoms with Crippen LogP contribution in [0.25, 0.3) is 0 Å². The average molecular weight is 282 g/mol. The molecule has 2 atom stereocenters. The molecule has 5 nitrogen and oxygen atoms in total. The number of hydrogen-bond acceptors (Lipinski definition) is 6. The normalized spacial score (nSPS) is 27.0. The van der Waals surface area contributed by atoms with E-state index in [1.807, 2.05) is 4.90 Å². The van der Waals surface area contributed by atoms with Crippen molar-refractivity contribution < 1.29 is 15.0 Å². The zero-order chi connectivity index (χ0) is 13.7. The molecule has 3 rings (SSSR count). The summed E-state index contributed by atoms with van der Waals surface area (Å²) in [7, 11) is 0. The van der Waals surface area contributed by atoms with Gasteiger partial charge in [-0.15, -0.1) is 11.3 Å². The quantitative estimate of drug-likeness (QED) is 0.719. The van der Waals surface area contributed by atoms with Crippen LogP contribution in [0, 0.1) is 0 Å². The first-order valence-electron chi connectivity index (χ1n) is 6.53. The summed E-state index contributed by atoms with van der Waals surface area (Å²) >= 11 is 1.39. The molecule has 6 heteroatoms. The van der Waals surface area contributed by atoms with Crippen molar-refractivity contribution in [2.45, 2.75) is 37.9 Å². The molecule has 2 aliphatic rings. The summed E-state index contributed by atoms with van der Waals surface area (Å²) in [4.78, 5) is 14.2. The summed E-state index contributed by atoms with van der Waals surface area (Å²) in [5.41, 5.74) is 7.78. The molecule has 4 N–H and O–H groups in total. The van der Waals surface area contributed by atoms with E-state index in [9.17, 15) is 15.0 Å². The number of ketones is 1.